The third kappa shape index (κ3) is 2.90. The number of rotatable bonds is 4. The maximum absolute atomic E-state index is 13.4. The van der Waals surface area contributed by atoms with Crippen molar-refractivity contribution in [3.63, 3.8) is 0 Å². The highest BCUT2D eigenvalue weighted by molar-refractivity contribution is 6.20. The van der Waals surface area contributed by atoms with Crippen LogP contribution in [-0.2, 0) is 4.79 Å². The van der Waals surface area contributed by atoms with Gasteiger partial charge in [-0.3, -0.25) is 14.5 Å². The quantitative estimate of drug-likeness (QED) is 0.463. The van der Waals surface area contributed by atoms with Gasteiger partial charge in [0.25, 0.3) is 5.91 Å². The Kier molecular flexibility index (Phi) is 4.18. The van der Waals surface area contributed by atoms with Gasteiger partial charge in [-0.1, -0.05) is 24.3 Å². The number of ketones is 1. The number of aryl methyl sites for hydroxylation is 1. The van der Waals surface area contributed by atoms with E-state index in [-0.39, 0.29) is 28.5 Å². The van der Waals surface area contributed by atoms with E-state index in [1.165, 1.54) is 12.3 Å². The van der Waals surface area contributed by atoms with Crippen LogP contribution < -0.4 is 4.90 Å². The molecule has 5 rings (SSSR count). The average molecular weight is 415 g/mol. The Hall–Kier alpha value is -4.26. The topological polar surface area (TPSA) is 104 Å². The first-order valence-corrected chi connectivity index (χ1v) is 9.58. The second-order valence-corrected chi connectivity index (χ2v) is 7.33. The zero-order valence-corrected chi connectivity index (χ0v) is 16.4. The third-order valence-corrected chi connectivity index (χ3v) is 5.31. The molecule has 4 aromatic rings. The molecule has 2 aromatic heterocycles. The lowest BCUT2D eigenvalue weighted by Crippen LogP contribution is -2.31. The summed E-state index contributed by atoms with van der Waals surface area (Å²) in [5.41, 5.74) is 1.28. The van der Waals surface area contributed by atoms with Crippen molar-refractivity contribution in [2.24, 2.45) is 0 Å². The summed E-state index contributed by atoms with van der Waals surface area (Å²) in [6.07, 6.45) is 1.41. The number of aliphatic hydroxyl groups is 1. The number of aromatic hydroxyl groups is 1. The van der Waals surface area contributed by atoms with Gasteiger partial charge in [-0.25, -0.2) is 0 Å². The number of aliphatic hydroxyl groups excluding tert-OH is 1. The maximum atomic E-state index is 13.4. The first-order chi connectivity index (χ1) is 15.0. The number of anilines is 1. The lowest BCUT2D eigenvalue weighted by Gasteiger charge is -2.25. The number of carbonyl (C=O) groups is 2. The largest absolute Gasteiger partial charge is 0.506 e. The van der Waals surface area contributed by atoms with E-state index in [1.54, 1.807) is 55.5 Å². The van der Waals surface area contributed by atoms with Gasteiger partial charge in [0.15, 0.2) is 11.5 Å². The van der Waals surface area contributed by atoms with E-state index in [0.29, 0.717) is 5.58 Å². The minimum atomic E-state index is -1.07. The predicted octanol–water partition coefficient (Wildman–Crippen LogP) is 4.82. The Labute approximate surface area is 176 Å². The maximum Gasteiger partial charge on any atom is 0.294 e. The highest BCUT2D eigenvalue weighted by Crippen LogP contribution is 2.45. The molecule has 0 aliphatic carbocycles. The number of phenols is 1. The Morgan fingerprint density at radius 1 is 1.03 bits per heavy atom. The zero-order chi connectivity index (χ0) is 21.7. The van der Waals surface area contributed by atoms with Crippen LogP contribution in [0, 0.1) is 6.92 Å². The van der Waals surface area contributed by atoms with E-state index >= 15 is 0 Å². The van der Waals surface area contributed by atoms with E-state index in [1.807, 2.05) is 6.07 Å². The van der Waals surface area contributed by atoms with Gasteiger partial charge in [0.05, 0.1) is 17.5 Å². The lowest BCUT2D eigenvalue weighted by molar-refractivity contribution is -0.117. The number of nitrogens with zero attached hydrogens (tertiary/aromatic N) is 1. The first-order valence-electron chi connectivity index (χ1n) is 9.58. The van der Waals surface area contributed by atoms with Crippen LogP contribution in [0.5, 0.6) is 5.75 Å². The summed E-state index contributed by atoms with van der Waals surface area (Å²) < 4.78 is 11.2. The van der Waals surface area contributed by atoms with E-state index in [9.17, 15) is 19.8 Å². The summed E-state index contributed by atoms with van der Waals surface area (Å²) >= 11 is 0. The van der Waals surface area contributed by atoms with Crippen molar-refractivity contribution >= 4 is 28.3 Å². The monoisotopic (exact) mass is 415 g/mol. The van der Waals surface area contributed by atoms with Gasteiger partial charge in [-0.15, -0.1) is 0 Å². The number of Topliss-reactive ketones (excluding diaryl/α,β-unsaturated/α-hetero) is 1. The lowest BCUT2D eigenvalue weighted by atomic mass is 9.99. The van der Waals surface area contributed by atoms with Gasteiger partial charge in [0.2, 0.25) is 5.78 Å². The molecule has 1 amide bonds. The van der Waals surface area contributed by atoms with Crippen LogP contribution in [0.25, 0.3) is 11.0 Å². The molecule has 0 saturated heterocycles. The average Bonchev–Trinajstić information content (AvgIpc) is 3.48. The molecule has 0 radical (unpaired) electrons. The second-order valence-electron chi connectivity index (χ2n) is 7.33. The zero-order valence-electron chi connectivity index (χ0n) is 16.4. The van der Waals surface area contributed by atoms with Crippen LogP contribution in [0.2, 0.25) is 0 Å². The van der Waals surface area contributed by atoms with Crippen molar-refractivity contribution in [1.29, 1.82) is 0 Å². The van der Waals surface area contributed by atoms with Gasteiger partial charge >= 0.3 is 0 Å². The number of phenolic OH excluding ortho intramolecular Hbond substituents is 1. The van der Waals surface area contributed by atoms with Crippen LogP contribution in [0.3, 0.4) is 0 Å². The predicted molar refractivity (Wildman–Crippen MR) is 112 cm³/mol. The van der Waals surface area contributed by atoms with Crippen molar-refractivity contribution in [3.05, 3.63) is 95.3 Å². The molecule has 1 atom stereocenters. The molecule has 0 fully saturated rings. The smallest absolute Gasteiger partial charge is 0.294 e. The van der Waals surface area contributed by atoms with Gasteiger partial charge < -0.3 is 19.0 Å². The molecular formula is C24H17NO6. The summed E-state index contributed by atoms with van der Waals surface area (Å²) in [6, 6.07) is 15.6. The number of amides is 1. The number of para-hydroxylation sites is 1. The Balaban J connectivity index is 1.67. The van der Waals surface area contributed by atoms with Crippen LogP contribution in [0.4, 0.5) is 5.69 Å². The Bertz CT molecular complexity index is 1330. The summed E-state index contributed by atoms with van der Waals surface area (Å²) in [4.78, 5) is 27.6. The Morgan fingerprint density at radius 2 is 1.84 bits per heavy atom. The van der Waals surface area contributed by atoms with Crippen molar-refractivity contribution in [3.8, 4) is 5.75 Å². The minimum Gasteiger partial charge on any atom is -0.506 e. The van der Waals surface area contributed by atoms with Crippen LogP contribution in [0.1, 0.15) is 27.9 Å². The number of furan rings is 2. The van der Waals surface area contributed by atoms with Crippen LogP contribution >= 0.6 is 0 Å². The van der Waals surface area contributed by atoms with Crippen LogP contribution in [-0.4, -0.2) is 21.9 Å². The van der Waals surface area contributed by atoms with Crippen molar-refractivity contribution in [2.75, 3.05) is 4.90 Å². The van der Waals surface area contributed by atoms with E-state index in [2.05, 4.69) is 0 Å². The summed E-state index contributed by atoms with van der Waals surface area (Å²) in [5, 5.41) is 21.9. The number of hydrogen-bond donors (Lipinski definition) is 2. The number of carbonyl (C=O) groups excluding carboxylic acids is 2. The molecule has 2 N–H and O–H groups in total. The molecule has 0 bridgehead atoms. The summed E-state index contributed by atoms with van der Waals surface area (Å²) in [5.74, 6) is -2.09. The molecular weight excluding hydrogens is 398 g/mol. The molecule has 0 spiro atoms. The van der Waals surface area contributed by atoms with Gasteiger partial charge in [-0.05, 0) is 48.9 Å². The van der Waals surface area contributed by atoms with Gasteiger partial charge in [0.1, 0.15) is 23.1 Å². The van der Waals surface area contributed by atoms with E-state index in [4.69, 9.17) is 8.83 Å². The fourth-order valence-electron chi connectivity index (χ4n) is 3.85. The van der Waals surface area contributed by atoms with Crippen molar-refractivity contribution in [1.82, 2.24) is 0 Å². The molecule has 0 saturated carbocycles. The molecule has 31 heavy (non-hydrogen) atoms. The van der Waals surface area contributed by atoms with E-state index in [0.717, 1.165) is 15.8 Å². The van der Waals surface area contributed by atoms with Gasteiger partial charge in [-0.2, -0.15) is 0 Å². The first kappa shape index (κ1) is 18.7. The van der Waals surface area contributed by atoms with Crippen molar-refractivity contribution in [2.45, 2.75) is 13.0 Å². The van der Waals surface area contributed by atoms with E-state index < -0.39 is 23.5 Å². The molecule has 7 heteroatoms. The summed E-state index contributed by atoms with van der Waals surface area (Å²) in [7, 11) is 0. The SMILES string of the molecule is Cc1ccc(O)c(N2C(=O)C(O)=C(C(=O)c3cc4ccccc4o3)C2c2ccco2)c1. The fraction of sp³-hybridized carbons (Fsp3) is 0.0833. The molecule has 2 aromatic carbocycles. The molecule has 3 heterocycles. The van der Waals surface area contributed by atoms with Gasteiger partial charge in [0, 0.05) is 5.39 Å². The highest BCUT2D eigenvalue weighted by atomic mass is 16.3. The third-order valence-electron chi connectivity index (χ3n) is 5.31. The standard InChI is InChI=1S/C24H17NO6/c1-13-8-9-16(26)15(11-13)25-21(18-7-4-10-30-18)20(23(28)24(25)29)22(27)19-12-14-5-2-3-6-17(14)31-19/h2-12,21,26,28H,1H3. The summed E-state index contributed by atoms with van der Waals surface area (Å²) in [6.45, 7) is 1.80. The molecule has 1 aliphatic rings. The van der Waals surface area contributed by atoms with Crippen LogP contribution in [0.15, 0.2) is 87.1 Å². The van der Waals surface area contributed by atoms with Crippen molar-refractivity contribution < 1.29 is 28.6 Å². The number of fused-ring (bicyclic) bond motifs is 1. The molecule has 154 valence electrons. The normalized spacial score (nSPS) is 16.5. The Morgan fingerprint density at radius 3 is 2.58 bits per heavy atom. The highest BCUT2D eigenvalue weighted by Gasteiger charge is 2.47. The second kappa shape index (κ2) is 6.91. The minimum absolute atomic E-state index is 0.0116. The number of benzene rings is 2. The molecule has 1 aliphatic heterocycles. The number of hydrogen-bond acceptors (Lipinski definition) is 6. The molecule has 1 unspecified atom stereocenters. The fourth-order valence-corrected chi connectivity index (χ4v) is 3.85. The molecule has 7 nitrogen and oxygen atoms in total.